The van der Waals surface area contributed by atoms with Crippen LogP contribution in [0.1, 0.15) is 44.4 Å². The largest absolute Gasteiger partial charge is 0.493 e. The summed E-state index contributed by atoms with van der Waals surface area (Å²) in [6.45, 7) is 10.2. The second-order valence-electron chi connectivity index (χ2n) is 6.33. The van der Waals surface area contributed by atoms with Gasteiger partial charge in [0.05, 0.1) is 19.4 Å². The van der Waals surface area contributed by atoms with Crippen LogP contribution < -0.4 is 10.1 Å². The molecule has 0 aliphatic rings. The summed E-state index contributed by atoms with van der Waals surface area (Å²) in [6.07, 6.45) is 5.19. The fourth-order valence-corrected chi connectivity index (χ4v) is 2.96. The number of ether oxygens (including phenoxy) is 1. The van der Waals surface area contributed by atoms with E-state index in [4.69, 9.17) is 9.15 Å². The van der Waals surface area contributed by atoms with Gasteiger partial charge in [0, 0.05) is 18.7 Å². The van der Waals surface area contributed by atoms with E-state index in [-0.39, 0.29) is 0 Å². The molecule has 25 heavy (non-hydrogen) atoms. The third-order valence-electron chi connectivity index (χ3n) is 4.12. The molecule has 0 saturated carbocycles. The third kappa shape index (κ3) is 7.32. The van der Waals surface area contributed by atoms with E-state index in [2.05, 4.69) is 42.3 Å². The highest BCUT2D eigenvalue weighted by Gasteiger charge is 2.05. The molecule has 0 amide bonds. The number of nitrogens with zero attached hydrogens (tertiary/aromatic N) is 1. The van der Waals surface area contributed by atoms with E-state index in [1.54, 1.807) is 6.26 Å². The smallest absolute Gasteiger partial charge is 0.123 e. The second kappa shape index (κ2) is 11.7. The van der Waals surface area contributed by atoms with Crippen LogP contribution in [0.15, 0.2) is 47.1 Å². The van der Waals surface area contributed by atoms with Crippen LogP contribution in [-0.4, -0.2) is 31.1 Å². The monoisotopic (exact) mass is 344 g/mol. The molecule has 0 atom stereocenters. The van der Waals surface area contributed by atoms with Gasteiger partial charge in [-0.3, -0.25) is 0 Å². The van der Waals surface area contributed by atoms with Crippen LogP contribution in [0.5, 0.6) is 5.75 Å². The number of para-hydroxylation sites is 1. The van der Waals surface area contributed by atoms with Crippen molar-refractivity contribution >= 4 is 0 Å². The molecule has 138 valence electrons. The van der Waals surface area contributed by atoms with E-state index in [0.29, 0.717) is 0 Å². The highest BCUT2D eigenvalue weighted by Crippen LogP contribution is 2.18. The summed E-state index contributed by atoms with van der Waals surface area (Å²) in [4.78, 5) is 2.53. The molecular weight excluding hydrogens is 312 g/mol. The third-order valence-corrected chi connectivity index (χ3v) is 4.12. The minimum atomic E-state index is 0.727. The predicted molar refractivity (Wildman–Crippen MR) is 103 cm³/mol. The first-order valence-corrected chi connectivity index (χ1v) is 9.49. The average molecular weight is 344 g/mol. The Kier molecular flexibility index (Phi) is 9.16. The lowest BCUT2D eigenvalue weighted by atomic mass is 10.2. The summed E-state index contributed by atoms with van der Waals surface area (Å²) in [5.41, 5.74) is 1.19. The molecule has 1 N–H and O–H groups in total. The lowest BCUT2D eigenvalue weighted by Gasteiger charge is -2.21. The van der Waals surface area contributed by atoms with Gasteiger partial charge in [-0.1, -0.05) is 32.0 Å². The van der Waals surface area contributed by atoms with Gasteiger partial charge in [-0.15, -0.1) is 0 Å². The number of hydrogen-bond acceptors (Lipinski definition) is 4. The van der Waals surface area contributed by atoms with E-state index in [1.165, 1.54) is 31.5 Å². The first-order chi connectivity index (χ1) is 12.3. The molecule has 1 aromatic carbocycles. The molecule has 2 aromatic rings. The maximum absolute atomic E-state index is 6.04. The van der Waals surface area contributed by atoms with Gasteiger partial charge in [-0.05, 0) is 50.6 Å². The van der Waals surface area contributed by atoms with Crippen LogP contribution in [0.2, 0.25) is 0 Å². The summed E-state index contributed by atoms with van der Waals surface area (Å²) < 4.78 is 11.4. The minimum Gasteiger partial charge on any atom is -0.493 e. The minimum absolute atomic E-state index is 0.727. The summed E-state index contributed by atoms with van der Waals surface area (Å²) in [5.74, 6) is 1.93. The Morgan fingerprint density at radius 1 is 0.960 bits per heavy atom. The maximum Gasteiger partial charge on any atom is 0.123 e. The average Bonchev–Trinajstić information content (AvgIpc) is 3.13. The van der Waals surface area contributed by atoms with Gasteiger partial charge >= 0.3 is 0 Å². The van der Waals surface area contributed by atoms with E-state index >= 15 is 0 Å². The van der Waals surface area contributed by atoms with Crippen molar-refractivity contribution in [1.82, 2.24) is 10.2 Å². The fraction of sp³-hybridized carbons (Fsp3) is 0.524. The molecule has 0 aliphatic heterocycles. The normalized spacial score (nSPS) is 11.2. The fourth-order valence-electron chi connectivity index (χ4n) is 2.96. The zero-order valence-corrected chi connectivity index (χ0v) is 15.7. The van der Waals surface area contributed by atoms with Crippen LogP contribution in [0.25, 0.3) is 0 Å². The van der Waals surface area contributed by atoms with Gasteiger partial charge < -0.3 is 19.4 Å². The number of benzene rings is 1. The lowest BCUT2D eigenvalue weighted by molar-refractivity contribution is 0.233. The molecule has 4 nitrogen and oxygen atoms in total. The van der Waals surface area contributed by atoms with Gasteiger partial charge in [0.1, 0.15) is 11.5 Å². The number of nitrogens with one attached hydrogen (secondary N) is 1. The molecule has 1 heterocycles. The van der Waals surface area contributed by atoms with Gasteiger partial charge in [0.2, 0.25) is 0 Å². The van der Waals surface area contributed by atoms with Gasteiger partial charge in [-0.25, -0.2) is 0 Å². The Hall–Kier alpha value is -1.78. The molecule has 0 spiro atoms. The quantitative estimate of drug-likeness (QED) is 0.544. The zero-order chi connectivity index (χ0) is 17.7. The van der Waals surface area contributed by atoms with Crippen molar-refractivity contribution in [3.63, 3.8) is 0 Å². The standard InChI is InChI=1S/C21H32N2O2/c1-3-12-23(13-4-2)14-8-16-25-21-11-6-5-9-19(21)17-22-18-20-10-7-15-24-20/h5-7,9-11,15,22H,3-4,8,12-14,16-18H2,1-2H3. The Bertz CT molecular complexity index is 563. The zero-order valence-electron chi connectivity index (χ0n) is 15.7. The molecule has 0 aliphatic carbocycles. The van der Waals surface area contributed by atoms with Gasteiger partial charge in [0.15, 0.2) is 0 Å². The van der Waals surface area contributed by atoms with Crippen molar-refractivity contribution in [1.29, 1.82) is 0 Å². The van der Waals surface area contributed by atoms with Crippen molar-refractivity contribution in [2.75, 3.05) is 26.2 Å². The van der Waals surface area contributed by atoms with Gasteiger partial charge in [0.25, 0.3) is 0 Å². The van der Waals surface area contributed by atoms with E-state index < -0.39 is 0 Å². The van der Waals surface area contributed by atoms with Crippen molar-refractivity contribution in [2.45, 2.75) is 46.2 Å². The molecule has 0 radical (unpaired) electrons. The van der Waals surface area contributed by atoms with E-state index in [9.17, 15) is 0 Å². The first kappa shape index (κ1) is 19.5. The lowest BCUT2D eigenvalue weighted by Crippen LogP contribution is -2.27. The number of furan rings is 1. The molecule has 0 saturated heterocycles. The number of hydrogen-bond donors (Lipinski definition) is 1. The Morgan fingerprint density at radius 2 is 1.76 bits per heavy atom. The molecule has 0 unspecified atom stereocenters. The SMILES string of the molecule is CCCN(CCC)CCCOc1ccccc1CNCc1ccco1. The maximum atomic E-state index is 6.04. The highest BCUT2D eigenvalue weighted by atomic mass is 16.5. The first-order valence-electron chi connectivity index (χ1n) is 9.49. The van der Waals surface area contributed by atoms with Gasteiger partial charge in [-0.2, -0.15) is 0 Å². The topological polar surface area (TPSA) is 37.6 Å². The predicted octanol–water partition coefficient (Wildman–Crippen LogP) is 4.46. The molecule has 4 heteroatoms. The van der Waals surface area contributed by atoms with Crippen LogP contribution >= 0.6 is 0 Å². The molecule has 1 aromatic heterocycles. The second-order valence-corrected chi connectivity index (χ2v) is 6.33. The molecule has 0 fully saturated rings. The van der Waals surface area contributed by atoms with Crippen LogP contribution in [0.3, 0.4) is 0 Å². The summed E-state index contributed by atoms with van der Waals surface area (Å²) in [5, 5.41) is 3.40. The van der Waals surface area contributed by atoms with Crippen LogP contribution in [0, 0.1) is 0 Å². The van der Waals surface area contributed by atoms with E-state index in [0.717, 1.165) is 44.2 Å². The summed E-state index contributed by atoms with van der Waals surface area (Å²) >= 11 is 0. The molecular formula is C21H32N2O2. The van der Waals surface area contributed by atoms with Crippen molar-refractivity contribution < 1.29 is 9.15 Å². The Balaban J connectivity index is 1.73. The van der Waals surface area contributed by atoms with Crippen LogP contribution in [0.4, 0.5) is 0 Å². The Labute approximate surface area is 152 Å². The van der Waals surface area contributed by atoms with E-state index in [1.807, 2.05) is 18.2 Å². The highest BCUT2D eigenvalue weighted by molar-refractivity contribution is 5.33. The molecule has 0 bridgehead atoms. The van der Waals surface area contributed by atoms with Crippen molar-refractivity contribution in [3.05, 3.63) is 54.0 Å². The van der Waals surface area contributed by atoms with Crippen LogP contribution in [-0.2, 0) is 13.1 Å². The number of rotatable bonds is 13. The Morgan fingerprint density at radius 3 is 2.48 bits per heavy atom. The van der Waals surface area contributed by atoms with Crippen molar-refractivity contribution in [2.24, 2.45) is 0 Å². The van der Waals surface area contributed by atoms with Crippen molar-refractivity contribution in [3.8, 4) is 5.75 Å². The summed E-state index contributed by atoms with van der Waals surface area (Å²) in [6, 6.07) is 12.2. The molecule has 2 rings (SSSR count). The summed E-state index contributed by atoms with van der Waals surface area (Å²) in [7, 11) is 0.